The molecule has 0 radical (unpaired) electrons. The quantitative estimate of drug-likeness (QED) is 0.546. The van der Waals surface area contributed by atoms with Crippen molar-refractivity contribution in [1.82, 2.24) is 4.90 Å². The molecule has 2 nitrogen and oxygen atoms in total. The van der Waals surface area contributed by atoms with Gasteiger partial charge in [-0.05, 0) is 53.7 Å². The molecule has 1 saturated heterocycles. The van der Waals surface area contributed by atoms with Gasteiger partial charge < -0.3 is 4.74 Å². The van der Waals surface area contributed by atoms with Crippen LogP contribution >= 0.6 is 0 Å². The minimum absolute atomic E-state index is 0.190. The molecule has 1 aliphatic rings. The van der Waals surface area contributed by atoms with Crippen molar-refractivity contribution in [3.8, 4) is 0 Å². The highest BCUT2D eigenvalue weighted by molar-refractivity contribution is 5.27. The summed E-state index contributed by atoms with van der Waals surface area (Å²) in [4.78, 5) is 2.29. The van der Waals surface area contributed by atoms with E-state index in [0.717, 1.165) is 25.9 Å². The molecule has 2 aromatic carbocycles. The number of likely N-dealkylation sites (tertiary alicyclic amines) is 1. The van der Waals surface area contributed by atoms with Crippen LogP contribution in [0.3, 0.4) is 0 Å². The second kappa shape index (κ2) is 9.40. The third kappa shape index (κ3) is 5.46. The maximum atomic E-state index is 14.3. The molecule has 0 N–H and O–H groups in total. The van der Waals surface area contributed by atoms with Gasteiger partial charge in [-0.3, -0.25) is 4.90 Å². The molecule has 3 heteroatoms. The van der Waals surface area contributed by atoms with Gasteiger partial charge >= 0.3 is 0 Å². The fourth-order valence-electron chi connectivity index (χ4n) is 4.40. The molecule has 0 bridgehead atoms. The van der Waals surface area contributed by atoms with Crippen molar-refractivity contribution in [3.05, 3.63) is 71.0 Å². The second-order valence-corrected chi connectivity index (χ2v) is 9.65. The van der Waals surface area contributed by atoms with E-state index in [1.165, 1.54) is 23.6 Å². The third-order valence-corrected chi connectivity index (χ3v) is 6.58. The van der Waals surface area contributed by atoms with Gasteiger partial charge in [0.1, 0.15) is 12.0 Å². The normalized spacial score (nSPS) is 20.4. The molecule has 3 atom stereocenters. The van der Waals surface area contributed by atoms with E-state index >= 15 is 0 Å². The molecule has 0 amide bonds. The van der Waals surface area contributed by atoms with E-state index < -0.39 is 0 Å². The fourth-order valence-corrected chi connectivity index (χ4v) is 4.40. The Morgan fingerprint density at radius 2 is 1.79 bits per heavy atom. The lowest BCUT2D eigenvalue weighted by molar-refractivity contribution is -0.0563. The Labute approximate surface area is 176 Å². The van der Waals surface area contributed by atoms with Crippen molar-refractivity contribution in [3.63, 3.8) is 0 Å². The van der Waals surface area contributed by atoms with Gasteiger partial charge in [-0.2, -0.15) is 0 Å². The van der Waals surface area contributed by atoms with E-state index in [1.54, 1.807) is 13.2 Å². The van der Waals surface area contributed by atoms with E-state index in [2.05, 4.69) is 56.9 Å². The van der Waals surface area contributed by atoms with Crippen LogP contribution in [0.5, 0.6) is 0 Å². The summed E-state index contributed by atoms with van der Waals surface area (Å²) in [6, 6.07) is 16.1. The zero-order valence-electron chi connectivity index (χ0n) is 18.6. The minimum atomic E-state index is -0.311. The Morgan fingerprint density at radius 1 is 1.10 bits per heavy atom. The second-order valence-electron chi connectivity index (χ2n) is 9.65. The van der Waals surface area contributed by atoms with Crippen molar-refractivity contribution < 1.29 is 9.13 Å². The first-order valence-electron chi connectivity index (χ1n) is 10.9. The first-order valence-corrected chi connectivity index (χ1v) is 10.9. The summed E-state index contributed by atoms with van der Waals surface area (Å²) in [7, 11) is 1.68. The topological polar surface area (TPSA) is 12.5 Å². The van der Waals surface area contributed by atoms with Gasteiger partial charge in [0.05, 0.1) is 0 Å². The molecule has 0 spiro atoms. The van der Waals surface area contributed by atoms with Crippen LogP contribution < -0.4 is 0 Å². The van der Waals surface area contributed by atoms with Crippen LogP contribution in [0.15, 0.2) is 48.5 Å². The van der Waals surface area contributed by atoms with Gasteiger partial charge in [-0.15, -0.1) is 0 Å². The van der Waals surface area contributed by atoms with Gasteiger partial charge in [0.25, 0.3) is 0 Å². The lowest BCUT2D eigenvalue weighted by Crippen LogP contribution is -2.40. The lowest BCUT2D eigenvalue weighted by atomic mass is 9.77. The summed E-state index contributed by atoms with van der Waals surface area (Å²) in [5.41, 5.74) is 3.70. The van der Waals surface area contributed by atoms with Crippen LogP contribution in [-0.4, -0.2) is 25.1 Å². The summed E-state index contributed by atoms with van der Waals surface area (Å²) in [6.45, 7) is 11.1. The first-order chi connectivity index (χ1) is 13.8. The molecular formula is C26H36FNO. The van der Waals surface area contributed by atoms with Crippen molar-refractivity contribution in [2.45, 2.75) is 59.1 Å². The Kier molecular flexibility index (Phi) is 7.13. The molecule has 2 aromatic rings. The number of nitrogens with zero attached hydrogens (tertiary/aromatic N) is 1. The van der Waals surface area contributed by atoms with E-state index in [9.17, 15) is 4.39 Å². The van der Waals surface area contributed by atoms with Crippen LogP contribution in [0.25, 0.3) is 0 Å². The van der Waals surface area contributed by atoms with Crippen molar-refractivity contribution in [1.29, 1.82) is 0 Å². The zero-order chi connectivity index (χ0) is 21.0. The minimum Gasteiger partial charge on any atom is -0.362 e. The summed E-state index contributed by atoms with van der Waals surface area (Å²) in [5, 5.41) is 0. The van der Waals surface area contributed by atoms with Crippen molar-refractivity contribution in [2.75, 3.05) is 20.2 Å². The molecule has 0 saturated carbocycles. The highest BCUT2D eigenvalue weighted by Crippen LogP contribution is 2.35. The van der Waals surface area contributed by atoms with Crippen LogP contribution in [0.2, 0.25) is 0 Å². The molecule has 3 rings (SSSR count). The molecule has 1 heterocycles. The maximum Gasteiger partial charge on any atom is 0.139 e. The van der Waals surface area contributed by atoms with Crippen molar-refractivity contribution in [2.24, 2.45) is 11.3 Å². The Morgan fingerprint density at radius 3 is 2.41 bits per heavy atom. The average molecular weight is 398 g/mol. The van der Waals surface area contributed by atoms with Gasteiger partial charge in [0.15, 0.2) is 0 Å². The smallest absolute Gasteiger partial charge is 0.139 e. The van der Waals surface area contributed by atoms with Gasteiger partial charge in [-0.1, -0.05) is 70.2 Å². The zero-order valence-corrected chi connectivity index (χ0v) is 18.6. The van der Waals surface area contributed by atoms with Gasteiger partial charge in [-0.25, -0.2) is 4.39 Å². The molecule has 1 unspecified atom stereocenters. The predicted molar refractivity (Wildman–Crippen MR) is 118 cm³/mol. The number of piperidine rings is 1. The number of ether oxygens (including phenoxy) is 1. The number of hydrogen-bond acceptors (Lipinski definition) is 2. The first kappa shape index (κ1) is 22.0. The monoisotopic (exact) mass is 397 g/mol. The number of methoxy groups -OCH3 is 1. The van der Waals surface area contributed by atoms with E-state index in [0.29, 0.717) is 17.4 Å². The summed E-state index contributed by atoms with van der Waals surface area (Å²) >= 11 is 0. The average Bonchev–Trinajstić information content (AvgIpc) is 2.70. The number of halogens is 1. The third-order valence-electron chi connectivity index (χ3n) is 6.58. The Hall–Kier alpha value is -1.71. The number of hydrogen-bond donors (Lipinski definition) is 0. The largest absolute Gasteiger partial charge is 0.362 e. The molecular weight excluding hydrogens is 361 g/mol. The summed E-state index contributed by atoms with van der Waals surface area (Å²) in [5.74, 6) is 0.911. The van der Waals surface area contributed by atoms with E-state index in [-0.39, 0.29) is 17.5 Å². The number of rotatable bonds is 6. The molecule has 1 fully saturated rings. The van der Waals surface area contributed by atoms with Crippen molar-refractivity contribution >= 4 is 0 Å². The maximum absolute atomic E-state index is 14.3. The summed E-state index contributed by atoms with van der Waals surface area (Å²) < 4.78 is 20.0. The Bertz CT molecular complexity index is 780. The number of benzene rings is 2. The fraction of sp³-hybridized carbons (Fsp3) is 0.538. The van der Waals surface area contributed by atoms with E-state index in [1.807, 2.05) is 12.1 Å². The standard InChI is InChI=1S/C26H36FNO/c1-19(26(2,3)4)22-14-12-20(13-15-22)17-21-9-8-16-28(18-21)25(29-5)23-10-6-7-11-24(23)27/h6-7,10-15,19,21,25H,8-9,16-18H2,1-5H3/t19-,21+,25?/m1/s1. The van der Waals surface area contributed by atoms with Gasteiger partial charge in [0, 0.05) is 25.8 Å². The van der Waals surface area contributed by atoms with Crippen LogP contribution in [0.4, 0.5) is 4.39 Å². The van der Waals surface area contributed by atoms with E-state index in [4.69, 9.17) is 4.74 Å². The van der Waals surface area contributed by atoms with Gasteiger partial charge in [0.2, 0.25) is 0 Å². The highest BCUT2D eigenvalue weighted by atomic mass is 19.1. The summed E-state index contributed by atoms with van der Waals surface area (Å²) in [6.07, 6.45) is 3.09. The van der Waals surface area contributed by atoms with Crippen LogP contribution in [-0.2, 0) is 11.2 Å². The Balaban J connectivity index is 1.66. The molecule has 0 aromatic heterocycles. The van der Waals surface area contributed by atoms with Crippen LogP contribution in [0.1, 0.15) is 69.4 Å². The molecule has 0 aliphatic carbocycles. The highest BCUT2D eigenvalue weighted by Gasteiger charge is 2.28. The van der Waals surface area contributed by atoms with Crippen LogP contribution in [0, 0.1) is 17.2 Å². The molecule has 158 valence electrons. The molecule has 1 aliphatic heterocycles. The lowest BCUT2D eigenvalue weighted by Gasteiger charge is -2.38. The molecule has 29 heavy (non-hydrogen) atoms. The SMILES string of the molecule is COC(c1ccccc1F)N1CCC[C@@H](Cc2ccc([C@@H](C)C(C)(C)C)cc2)C1. The predicted octanol–water partition coefficient (Wildman–Crippen LogP) is 6.58.